The molecule has 2 N–H and O–H groups in total. The zero-order chi connectivity index (χ0) is 6.85. The van der Waals surface area contributed by atoms with Gasteiger partial charge in [-0.3, -0.25) is 0 Å². The highest BCUT2D eigenvalue weighted by molar-refractivity contribution is 4.79. The minimum absolute atomic E-state index is 0.282. The van der Waals surface area contributed by atoms with Crippen LogP contribution in [-0.2, 0) is 4.74 Å². The molecule has 54 valence electrons. The van der Waals surface area contributed by atoms with Crippen molar-refractivity contribution in [3.8, 4) is 0 Å². The molecule has 0 saturated carbocycles. The molecule has 0 aliphatic carbocycles. The third-order valence-corrected chi connectivity index (χ3v) is 2.03. The summed E-state index contributed by atoms with van der Waals surface area (Å²) in [4.78, 5) is 0. The fourth-order valence-corrected chi connectivity index (χ4v) is 1.27. The van der Waals surface area contributed by atoms with Gasteiger partial charge in [-0.1, -0.05) is 13.8 Å². The van der Waals surface area contributed by atoms with Crippen molar-refractivity contribution < 1.29 is 4.74 Å². The molecule has 2 heteroatoms. The van der Waals surface area contributed by atoms with E-state index in [1.165, 1.54) is 0 Å². The first-order chi connectivity index (χ1) is 4.22. The molecule has 0 spiro atoms. The van der Waals surface area contributed by atoms with Crippen LogP contribution in [-0.4, -0.2) is 19.3 Å². The third-order valence-electron chi connectivity index (χ3n) is 2.03. The van der Waals surface area contributed by atoms with E-state index in [1.807, 2.05) is 0 Å². The lowest BCUT2D eigenvalue weighted by atomic mass is 9.92. The van der Waals surface area contributed by atoms with Crippen LogP contribution in [0.4, 0.5) is 0 Å². The molecule has 0 amide bonds. The summed E-state index contributed by atoms with van der Waals surface area (Å²) in [5, 5.41) is 0. The first-order valence-electron chi connectivity index (χ1n) is 3.55. The van der Waals surface area contributed by atoms with Crippen LogP contribution in [0.5, 0.6) is 0 Å². The second-order valence-electron chi connectivity index (χ2n) is 3.11. The molecule has 9 heavy (non-hydrogen) atoms. The Labute approximate surface area is 56.4 Å². The molecule has 0 aromatic rings. The zero-order valence-electron chi connectivity index (χ0n) is 6.13. The van der Waals surface area contributed by atoms with Gasteiger partial charge in [-0.15, -0.1) is 0 Å². The van der Waals surface area contributed by atoms with Crippen molar-refractivity contribution in [2.75, 3.05) is 13.2 Å². The van der Waals surface area contributed by atoms with Crippen LogP contribution in [0.25, 0.3) is 0 Å². The van der Waals surface area contributed by atoms with Gasteiger partial charge in [-0.25, -0.2) is 0 Å². The first-order valence-corrected chi connectivity index (χ1v) is 3.55. The molecule has 1 heterocycles. The quantitative estimate of drug-likeness (QED) is 0.563. The first kappa shape index (κ1) is 7.03. The molecule has 2 nitrogen and oxygen atoms in total. The second kappa shape index (κ2) is 2.67. The minimum Gasteiger partial charge on any atom is -0.379 e. The van der Waals surface area contributed by atoms with Gasteiger partial charge in [0.1, 0.15) is 0 Å². The van der Waals surface area contributed by atoms with Crippen molar-refractivity contribution in [3.63, 3.8) is 0 Å². The highest BCUT2D eigenvalue weighted by Crippen LogP contribution is 2.19. The van der Waals surface area contributed by atoms with Gasteiger partial charge in [-0.2, -0.15) is 0 Å². The fourth-order valence-electron chi connectivity index (χ4n) is 1.27. The molecule has 2 unspecified atom stereocenters. The summed E-state index contributed by atoms with van der Waals surface area (Å²) in [6.07, 6.45) is 0. The fraction of sp³-hybridized carbons (Fsp3) is 1.00. The van der Waals surface area contributed by atoms with Crippen LogP contribution >= 0.6 is 0 Å². The second-order valence-corrected chi connectivity index (χ2v) is 3.11. The van der Waals surface area contributed by atoms with E-state index < -0.39 is 0 Å². The predicted molar refractivity (Wildman–Crippen MR) is 37.1 cm³/mol. The normalized spacial score (nSPS) is 36.0. The van der Waals surface area contributed by atoms with Crippen molar-refractivity contribution in [1.82, 2.24) is 0 Å². The van der Waals surface area contributed by atoms with Crippen LogP contribution in [0.15, 0.2) is 0 Å². The summed E-state index contributed by atoms with van der Waals surface area (Å²) in [5.74, 6) is 1.26. The van der Waals surface area contributed by atoms with E-state index in [0.717, 1.165) is 13.2 Å². The molecular formula is C7H15NO. The summed E-state index contributed by atoms with van der Waals surface area (Å²) in [6, 6.07) is 0.282. The molecule has 1 aliphatic heterocycles. The van der Waals surface area contributed by atoms with E-state index in [2.05, 4.69) is 13.8 Å². The van der Waals surface area contributed by atoms with Crippen molar-refractivity contribution in [1.29, 1.82) is 0 Å². The van der Waals surface area contributed by atoms with E-state index in [0.29, 0.717) is 11.8 Å². The van der Waals surface area contributed by atoms with Gasteiger partial charge >= 0.3 is 0 Å². The molecule has 1 fully saturated rings. The number of rotatable bonds is 1. The van der Waals surface area contributed by atoms with E-state index in [9.17, 15) is 0 Å². The summed E-state index contributed by atoms with van der Waals surface area (Å²) in [5.41, 5.74) is 5.75. The maximum Gasteiger partial charge on any atom is 0.0621 e. The predicted octanol–water partition coefficient (Wildman–Crippen LogP) is 0.616. The van der Waals surface area contributed by atoms with E-state index in [4.69, 9.17) is 10.5 Å². The Bertz CT molecular complexity index is 92.9. The van der Waals surface area contributed by atoms with Gasteiger partial charge in [0, 0.05) is 12.0 Å². The van der Waals surface area contributed by atoms with Crippen molar-refractivity contribution in [2.45, 2.75) is 19.9 Å². The monoisotopic (exact) mass is 129 g/mol. The van der Waals surface area contributed by atoms with Crippen LogP contribution in [0, 0.1) is 11.8 Å². The zero-order valence-corrected chi connectivity index (χ0v) is 6.13. The molecule has 0 bridgehead atoms. The van der Waals surface area contributed by atoms with Gasteiger partial charge in [0.05, 0.1) is 13.2 Å². The van der Waals surface area contributed by atoms with E-state index in [1.54, 1.807) is 0 Å². The molecule has 1 rings (SSSR count). The van der Waals surface area contributed by atoms with Crippen LogP contribution in [0.3, 0.4) is 0 Å². The highest BCUT2D eigenvalue weighted by atomic mass is 16.5. The Morgan fingerprint density at radius 2 is 2.11 bits per heavy atom. The molecule has 0 radical (unpaired) electrons. The average Bonchev–Trinajstić information content (AvgIpc) is 2.13. The van der Waals surface area contributed by atoms with Gasteiger partial charge in [0.15, 0.2) is 0 Å². The Morgan fingerprint density at radius 1 is 1.44 bits per heavy atom. The lowest BCUT2D eigenvalue weighted by molar-refractivity contribution is 0.176. The largest absolute Gasteiger partial charge is 0.379 e. The van der Waals surface area contributed by atoms with Gasteiger partial charge in [-0.05, 0) is 5.92 Å². The molecule has 1 saturated heterocycles. The molecule has 0 aromatic carbocycles. The minimum atomic E-state index is 0.282. The van der Waals surface area contributed by atoms with E-state index in [-0.39, 0.29) is 6.04 Å². The number of ether oxygens (including phenoxy) is 1. The Morgan fingerprint density at radius 3 is 2.33 bits per heavy atom. The topological polar surface area (TPSA) is 35.2 Å². The molecule has 0 aromatic heterocycles. The molecule has 2 atom stereocenters. The SMILES string of the molecule is CC(C)C1COCC1N. The standard InChI is InChI=1S/C7H15NO/c1-5(2)6-3-9-4-7(6)8/h5-7H,3-4,8H2,1-2H3. The molecule has 1 aliphatic rings. The van der Waals surface area contributed by atoms with Crippen LogP contribution < -0.4 is 5.73 Å². The van der Waals surface area contributed by atoms with Crippen LogP contribution in [0.1, 0.15) is 13.8 Å². The Balaban J connectivity index is 2.40. The summed E-state index contributed by atoms with van der Waals surface area (Å²) >= 11 is 0. The number of nitrogens with two attached hydrogens (primary N) is 1. The summed E-state index contributed by atoms with van der Waals surface area (Å²) < 4.78 is 5.21. The van der Waals surface area contributed by atoms with Crippen molar-refractivity contribution in [3.05, 3.63) is 0 Å². The van der Waals surface area contributed by atoms with Gasteiger partial charge in [0.2, 0.25) is 0 Å². The maximum absolute atomic E-state index is 5.75. The lowest BCUT2D eigenvalue weighted by Crippen LogP contribution is -2.31. The lowest BCUT2D eigenvalue weighted by Gasteiger charge is -2.16. The third kappa shape index (κ3) is 1.43. The van der Waals surface area contributed by atoms with Crippen molar-refractivity contribution in [2.24, 2.45) is 17.6 Å². The van der Waals surface area contributed by atoms with E-state index >= 15 is 0 Å². The van der Waals surface area contributed by atoms with Gasteiger partial charge < -0.3 is 10.5 Å². The van der Waals surface area contributed by atoms with Crippen LogP contribution in [0.2, 0.25) is 0 Å². The Kier molecular flexibility index (Phi) is 2.09. The van der Waals surface area contributed by atoms with Crippen molar-refractivity contribution >= 4 is 0 Å². The van der Waals surface area contributed by atoms with Gasteiger partial charge in [0.25, 0.3) is 0 Å². The average molecular weight is 129 g/mol. The number of hydrogen-bond donors (Lipinski definition) is 1. The Hall–Kier alpha value is -0.0800. The summed E-state index contributed by atoms with van der Waals surface area (Å²) in [7, 11) is 0. The summed E-state index contributed by atoms with van der Waals surface area (Å²) in [6.45, 7) is 6.00. The number of hydrogen-bond acceptors (Lipinski definition) is 2. The smallest absolute Gasteiger partial charge is 0.0621 e. The highest BCUT2D eigenvalue weighted by Gasteiger charge is 2.26. The molecular weight excluding hydrogens is 114 g/mol. The maximum atomic E-state index is 5.75.